The van der Waals surface area contributed by atoms with Crippen LogP contribution < -0.4 is 10.6 Å². The Morgan fingerprint density at radius 2 is 1.04 bits per heavy atom. The highest BCUT2D eigenvalue weighted by Gasteiger charge is 2.19. The van der Waals surface area contributed by atoms with Crippen LogP contribution in [0.3, 0.4) is 0 Å². The average Bonchev–Trinajstić information content (AvgIpc) is 2.44. The van der Waals surface area contributed by atoms with Crippen molar-refractivity contribution in [2.24, 2.45) is 9.98 Å². The van der Waals surface area contributed by atoms with E-state index in [0.29, 0.717) is 0 Å². The molecule has 0 bridgehead atoms. The summed E-state index contributed by atoms with van der Waals surface area (Å²) in [6.07, 6.45) is 6.71. The van der Waals surface area contributed by atoms with E-state index < -0.39 is 0 Å². The van der Waals surface area contributed by atoms with Crippen LogP contribution in [0.1, 0.15) is 80.1 Å². The Morgan fingerprint density at radius 3 is 1.42 bits per heavy atom. The molecule has 0 radical (unpaired) electrons. The van der Waals surface area contributed by atoms with Gasteiger partial charge in [-0.2, -0.15) is 0 Å². The third kappa shape index (κ3) is 10.2. The molecule has 140 valence electrons. The number of aliphatic imine (C=N–C) groups is 2. The van der Waals surface area contributed by atoms with Crippen molar-refractivity contribution in [3.63, 3.8) is 0 Å². The van der Waals surface area contributed by atoms with Gasteiger partial charge in [0.15, 0.2) is 0 Å². The first-order valence-corrected chi connectivity index (χ1v) is 9.70. The average molecular weight is 337 g/mol. The lowest BCUT2D eigenvalue weighted by Gasteiger charge is -2.28. The monoisotopic (exact) mass is 336 g/mol. The second-order valence-electron chi connectivity index (χ2n) is 8.62. The first-order chi connectivity index (χ1) is 11.2. The van der Waals surface area contributed by atoms with Gasteiger partial charge in [0.25, 0.3) is 0 Å². The first-order valence-electron chi connectivity index (χ1n) is 9.70. The second kappa shape index (κ2) is 10.3. The Bertz CT molecular complexity index is 381. The molecule has 24 heavy (non-hydrogen) atoms. The van der Waals surface area contributed by atoms with Crippen molar-refractivity contribution < 1.29 is 0 Å². The zero-order chi connectivity index (χ0) is 18.1. The highest BCUT2D eigenvalue weighted by Crippen LogP contribution is 2.12. The quantitative estimate of drug-likeness (QED) is 0.702. The lowest BCUT2D eigenvalue weighted by atomic mass is 9.96. The van der Waals surface area contributed by atoms with Gasteiger partial charge in [-0.05, 0) is 80.3 Å². The molecule has 4 nitrogen and oxygen atoms in total. The zero-order valence-electron chi connectivity index (χ0n) is 17.0. The van der Waals surface area contributed by atoms with Crippen LogP contribution >= 0.6 is 0 Å². The molecule has 1 aliphatic rings. The maximum absolute atomic E-state index is 4.74. The van der Waals surface area contributed by atoms with E-state index in [2.05, 4.69) is 52.2 Å². The van der Waals surface area contributed by atoms with Crippen LogP contribution in [0.5, 0.6) is 0 Å². The Balaban J connectivity index is 2.62. The van der Waals surface area contributed by atoms with Crippen LogP contribution in [-0.2, 0) is 0 Å². The Morgan fingerprint density at radius 1 is 0.667 bits per heavy atom. The van der Waals surface area contributed by atoms with Gasteiger partial charge < -0.3 is 10.6 Å². The number of nitrogens with zero attached hydrogens (tertiary/aromatic N) is 2. The Labute approximate surface area is 150 Å². The summed E-state index contributed by atoms with van der Waals surface area (Å²) in [7, 11) is 0. The Hall–Kier alpha value is -0.740. The lowest BCUT2D eigenvalue weighted by Crippen LogP contribution is -2.43. The van der Waals surface area contributed by atoms with E-state index in [4.69, 9.17) is 9.98 Å². The van der Waals surface area contributed by atoms with Gasteiger partial charge in [0.1, 0.15) is 0 Å². The van der Waals surface area contributed by atoms with Crippen LogP contribution in [0.25, 0.3) is 0 Å². The minimum absolute atomic E-state index is 0.132. The molecule has 1 heterocycles. The molecular weight excluding hydrogens is 296 g/mol. The highest BCUT2D eigenvalue weighted by molar-refractivity contribution is 5.83. The van der Waals surface area contributed by atoms with E-state index in [9.17, 15) is 0 Å². The summed E-state index contributed by atoms with van der Waals surface area (Å²) in [6.45, 7) is 17.5. The zero-order valence-corrected chi connectivity index (χ0v) is 17.0. The molecule has 1 aliphatic heterocycles. The number of rotatable bonds is 0. The van der Waals surface area contributed by atoms with Gasteiger partial charge in [-0.15, -0.1) is 0 Å². The van der Waals surface area contributed by atoms with Gasteiger partial charge in [0.05, 0.1) is 0 Å². The summed E-state index contributed by atoms with van der Waals surface area (Å²) < 4.78 is 0. The molecular formula is C20H40N4. The summed E-state index contributed by atoms with van der Waals surface area (Å²) in [4.78, 5) is 9.49. The van der Waals surface area contributed by atoms with E-state index in [-0.39, 0.29) is 11.1 Å². The van der Waals surface area contributed by atoms with Crippen molar-refractivity contribution in [2.75, 3.05) is 26.2 Å². The Kier molecular flexibility index (Phi) is 9.14. The van der Waals surface area contributed by atoms with Gasteiger partial charge >= 0.3 is 0 Å². The van der Waals surface area contributed by atoms with Gasteiger partial charge in [-0.3, -0.25) is 9.98 Å². The molecule has 0 atom stereocenters. The topological polar surface area (TPSA) is 48.8 Å². The van der Waals surface area contributed by atoms with Gasteiger partial charge in [-0.25, -0.2) is 0 Å². The second-order valence-corrected chi connectivity index (χ2v) is 8.62. The minimum atomic E-state index is 0.132. The van der Waals surface area contributed by atoms with Crippen molar-refractivity contribution in [3.05, 3.63) is 0 Å². The molecule has 1 rings (SSSR count). The fourth-order valence-corrected chi connectivity index (χ4v) is 3.38. The van der Waals surface area contributed by atoms with Crippen LogP contribution in [0, 0.1) is 0 Å². The van der Waals surface area contributed by atoms with Crippen molar-refractivity contribution in [1.82, 2.24) is 10.6 Å². The molecule has 0 aromatic heterocycles. The van der Waals surface area contributed by atoms with Gasteiger partial charge in [-0.1, -0.05) is 0 Å². The van der Waals surface area contributed by atoms with E-state index in [0.717, 1.165) is 51.9 Å². The van der Waals surface area contributed by atoms with Crippen molar-refractivity contribution in [3.8, 4) is 0 Å². The summed E-state index contributed by atoms with van der Waals surface area (Å²) in [5, 5.41) is 7.39. The maximum atomic E-state index is 4.74. The molecule has 0 aromatic rings. The number of hydrogen-bond acceptors (Lipinski definition) is 4. The van der Waals surface area contributed by atoms with E-state index in [1.807, 2.05) is 0 Å². The van der Waals surface area contributed by atoms with Gasteiger partial charge in [0, 0.05) is 48.4 Å². The van der Waals surface area contributed by atoms with Crippen LogP contribution in [0.2, 0.25) is 0 Å². The molecule has 0 aromatic carbocycles. The third-order valence-corrected chi connectivity index (χ3v) is 4.54. The smallest absolute Gasteiger partial charge is 0.0389 e. The number of nitrogens with one attached hydrogen (secondary N) is 2. The molecule has 0 saturated heterocycles. The minimum Gasteiger partial charge on any atom is -0.311 e. The van der Waals surface area contributed by atoms with E-state index >= 15 is 0 Å². The molecule has 0 fully saturated rings. The van der Waals surface area contributed by atoms with E-state index in [1.165, 1.54) is 24.3 Å². The predicted molar refractivity (Wildman–Crippen MR) is 108 cm³/mol. The fourth-order valence-electron chi connectivity index (χ4n) is 3.38. The van der Waals surface area contributed by atoms with Crippen molar-refractivity contribution >= 4 is 11.4 Å². The predicted octanol–water partition coefficient (Wildman–Crippen LogP) is 4.00. The largest absolute Gasteiger partial charge is 0.311 e. The fraction of sp³-hybridized carbons (Fsp3) is 0.900. The van der Waals surface area contributed by atoms with Crippen LogP contribution in [0.15, 0.2) is 9.98 Å². The molecule has 2 N–H and O–H groups in total. The molecule has 0 amide bonds. The van der Waals surface area contributed by atoms with Crippen LogP contribution in [0.4, 0.5) is 0 Å². The first kappa shape index (κ1) is 21.3. The summed E-state index contributed by atoms with van der Waals surface area (Å²) in [5.41, 5.74) is 2.79. The standard InChI is InChI=1S/C20H40N4/c1-17-15-19(3,4)23-13-9-10-14-24-20(5,6)16-18(2)22-12-8-7-11-21-17/h23-24H,7-16H2,1-6H3. The number of hydrogen-bond donors (Lipinski definition) is 2. The van der Waals surface area contributed by atoms with E-state index in [1.54, 1.807) is 0 Å². The summed E-state index contributed by atoms with van der Waals surface area (Å²) in [5.74, 6) is 0. The molecule has 0 spiro atoms. The van der Waals surface area contributed by atoms with Crippen molar-refractivity contribution in [1.29, 1.82) is 0 Å². The lowest BCUT2D eigenvalue weighted by molar-refractivity contribution is 0.374. The molecule has 0 saturated carbocycles. The molecule has 0 aliphatic carbocycles. The molecule has 0 unspecified atom stereocenters. The van der Waals surface area contributed by atoms with Crippen LogP contribution in [-0.4, -0.2) is 48.7 Å². The normalized spacial score (nSPS) is 25.1. The third-order valence-electron chi connectivity index (χ3n) is 4.54. The highest BCUT2D eigenvalue weighted by atomic mass is 15.0. The van der Waals surface area contributed by atoms with Gasteiger partial charge in [0.2, 0.25) is 0 Å². The SMILES string of the molecule is CC1=NCCCCN=C(C)CC(C)(C)NCCCCNC(C)(C)C1. The summed E-state index contributed by atoms with van der Waals surface area (Å²) in [6, 6.07) is 0. The molecule has 4 heteroatoms. The summed E-state index contributed by atoms with van der Waals surface area (Å²) >= 11 is 0. The maximum Gasteiger partial charge on any atom is 0.0389 e. The van der Waals surface area contributed by atoms with Crippen molar-refractivity contribution in [2.45, 2.75) is 91.1 Å².